The molecular formula is C12H14N2O2. The maximum atomic E-state index is 11.7. The van der Waals surface area contributed by atoms with Crippen LogP contribution in [0.4, 0.5) is 0 Å². The van der Waals surface area contributed by atoms with Gasteiger partial charge < -0.3 is 9.30 Å². The fourth-order valence-electron chi connectivity index (χ4n) is 1.72. The Labute approximate surface area is 93.5 Å². The first-order chi connectivity index (χ1) is 7.76. The van der Waals surface area contributed by atoms with Gasteiger partial charge in [-0.15, -0.1) is 0 Å². The molecule has 0 saturated heterocycles. The van der Waals surface area contributed by atoms with E-state index in [4.69, 9.17) is 4.74 Å². The van der Waals surface area contributed by atoms with E-state index in [-0.39, 0.29) is 5.56 Å². The molecule has 2 rings (SSSR count). The van der Waals surface area contributed by atoms with Crippen molar-refractivity contribution < 1.29 is 4.74 Å². The van der Waals surface area contributed by atoms with Crippen LogP contribution in [0.3, 0.4) is 0 Å². The summed E-state index contributed by atoms with van der Waals surface area (Å²) in [7, 11) is 1.61. The van der Waals surface area contributed by atoms with Crippen molar-refractivity contribution in [2.45, 2.75) is 19.9 Å². The highest BCUT2D eigenvalue weighted by molar-refractivity contribution is 5.76. The van der Waals surface area contributed by atoms with Crippen LogP contribution in [0.25, 0.3) is 11.0 Å². The summed E-state index contributed by atoms with van der Waals surface area (Å²) in [5, 5.41) is 0. The first-order valence-corrected chi connectivity index (χ1v) is 5.30. The molecule has 0 saturated carbocycles. The smallest absolute Gasteiger partial charge is 0.269 e. The summed E-state index contributed by atoms with van der Waals surface area (Å²) in [6.45, 7) is 2.74. The van der Waals surface area contributed by atoms with Crippen LogP contribution in [0.15, 0.2) is 29.2 Å². The molecule has 1 aromatic heterocycles. The second-order valence-electron chi connectivity index (χ2n) is 3.60. The molecule has 0 N–H and O–H groups in total. The summed E-state index contributed by atoms with van der Waals surface area (Å²) >= 11 is 0. The third-order valence-electron chi connectivity index (χ3n) is 2.50. The van der Waals surface area contributed by atoms with E-state index in [1.807, 2.05) is 25.1 Å². The molecule has 84 valence electrons. The molecule has 0 fully saturated rings. The van der Waals surface area contributed by atoms with Gasteiger partial charge in [0.1, 0.15) is 5.75 Å². The fourth-order valence-corrected chi connectivity index (χ4v) is 1.72. The summed E-state index contributed by atoms with van der Waals surface area (Å²) in [4.78, 5) is 15.8. The lowest BCUT2D eigenvalue weighted by Gasteiger charge is -2.09. The number of fused-ring (bicyclic) bond motifs is 1. The molecule has 0 radical (unpaired) electrons. The van der Waals surface area contributed by atoms with Crippen molar-refractivity contribution in [1.29, 1.82) is 0 Å². The van der Waals surface area contributed by atoms with Gasteiger partial charge in [-0.25, -0.2) is 4.98 Å². The summed E-state index contributed by atoms with van der Waals surface area (Å²) in [6.07, 6.45) is 2.28. The fraction of sp³-hybridized carbons (Fsp3) is 0.333. The molecule has 0 amide bonds. The number of methoxy groups -OCH3 is 1. The average Bonchev–Trinajstić information content (AvgIpc) is 2.32. The highest BCUT2D eigenvalue weighted by Crippen LogP contribution is 2.17. The van der Waals surface area contributed by atoms with Crippen molar-refractivity contribution >= 4 is 11.0 Å². The Bertz CT molecular complexity index is 560. The lowest BCUT2D eigenvalue weighted by molar-refractivity contribution is 0.415. The Balaban J connectivity index is 2.72. The Morgan fingerprint density at radius 2 is 2.25 bits per heavy atom. The van der Waals surface area contributed by atoms with Gasteiger partial charge in [0.05, 0.1) is 24.3 Å². The molecule has 0 unspecified atom stereocenters. The zero-order valence-corrected chi connectivity index (χ0v) is 9.43. The van der Waals surface area contributed by atoms with E-state index >= 15 is 0 Å². The van der Waals surface area contributed by atoms with Crippen LogP contribution in [0.5, 0.6) is 5.75 Å². The van der Waals surface area contributed by atoms with E-state index < -0.39 is 0 Å². The monoisotopic (exact) mass is 218 g/mol. The predicted molar refractivity (Wildman–Crippen MR) is 62.8 cm³/mol. The maximum absolute atomic E-state index is 11.7. The Morgan fingerprint density at radius 1 is 1.44 bits per heavy atom. The molecule has 0 atom stereocenters. The van der Waals surface area contributed by atoms with Crippen molar-refractivity contribution in [2.75, 3.05) is 7.11 Å². The van der Waals surface area contributed by atoms with Gasteiger partial charge in [-0.1, -0.05) is 6.92 Å². The quantitative estimate of drug-likeness (QED) is 0.789. The Kier molecular flexibility index (Phi) is 2.90. The zero-order valence-electron chi connectivity index (χ0n) is 9.43. The SMILES string of the molecule is CCCn1c(=O)cnc2ccc(OC)cc21. The van der Waals surface area contributed by atoms with Gasteiger partial charge in [0, 0.05) is 12.6 Å². The van der Waals surface area contributed by atoms with Crippen molar-refractivity contribution in [3.8, 4) is 5.75 Å². The minimum absolute atomic E-state index is 0.0670. The van der Waals surface area contributed by atoms with Crippen LogP contribution in [0.1, 0.15) is 13.3 Å². The average molecular weight is 218 g/mol. The lowest BCUT2D eigenvalue weighted by Crippen LogP contribution is -2.20. The molecular weight excluding hydrogens is 204 g/mol. The largest absolute Gasteiger partial charge is 0.497 e. The molecule has 2 aromatic rings. The van der Waals surface area contributed by atoms with Crippen LogP contribution in [-0.2, 0) is 6.54 Å². The number of benzene rings is 1. The van der Waals surface area contributed by atoms with Gasteiger partial charge in [0.25, 0.3) is 5.56 Å². The van der Waals surface area contributed by atoms with Crippen LogP contribution in [0, 0.1) is 0 Å². The van der Waals surface area contributed by atoms with Gasteiger partial charge in [0.15, 0.2) is 0 Å². The second-order valence-corrected chi connectivity index (χ2v) is 3.60. The van der Waals surface area contributed by atoms with E-state index in [1.54, 1.807) is 11.7 Å². The molecule has 1 heterocycles. The number of aromatic nitrogens is 2. The van der Waals surface area contributed by atoms with E-state index in [9.17, 15) is 4.79 Å². The van der Waals surface area contributed by atoms with E-state index in [1.165, 1.54) is 6.20 Å². The molecule has 4 nitrogen and oxygen atoms in total. The van der Waals surface area contributed by atoms with Gasteiger partial charge in [-0.05, 0) is 18.6 Å². The topological polar surface area (TPSA) is 44.1 Å². The molecule has 4 heteroatoms. The summed E-state index contributed by atoms with van der Waals surface area (Å²) in [5.74, 6) is 0.741. The van der Waals surface area contributed by atoms with Crippen LogP contribution < -0.4 is 10.3 Å². The minimum Gasteiger partial charge on any atom is -0.497 e. The van der Waals surface area contributed by atoms with Crippen molar-refractivity contribution in [1.82, 2.24) is 9.55 Å². The maximum Gasteiger partial charge on any atom is 0.269 e. The summed E-state index contributed by atoms with van der Waals surface area (Å²) < 4.78 is 6.88. The van der Waals surface area contributed by atoms with Crippen molar-refractivity contribution in [3.05, 3.63) is 34.7 Å². The second kappa shape index (κ2) is 4.35. The standard InChI is InChI=1S/C12H14N2O2/c1-3-6-14-11-7-9(16-2)4-5-10(11)13-8-12(14)15/h4-5,7-8H,3,6H2,1-2H3. The normalized spacial score (nSPS) is 10.6. The van der Waals surface area contributed by atoms with E-state index in [0.29, 0.717) is 6.54 Å². The number of rotatable bonds is 3. The van der Waals surface area contributed by atoms with Crippen molar-refractivity contribution in [3.63, 3.8) is 0 Å². The molecule has 16 heavy (non-hydrogen) atoms. The number of aryl methyl sites for hydroxylation is 1. The first-order valence-electron chi connectivity index (χ1n) is 5.30. The third-order valence-corrected chi connectivity index (χ3v) is 2.50. The highest BCUT2D eigenvalue weighted by Gasteiger charge is 2.04. The number of ether oxygens (including phenoxy) is 1. The zero-order chi connectivity index (χ0) is 11.5. The lowest BCUT2D eigenvalue weighted by atomic mass is 10.2. The molecule has 0 aliphatic carbocycles. The number of hydrogen-bond acceptors (Lipinski definition) is 3. The summed E-state index contributed by atoms with van der Waals surface area (Å²) in [5.41, 5.74) is 1.57. The van der Waals surface area contributed by atoms with Crippen molar-refractivity contribution in [2.24, 2.45) is 0 Å². The van der Waals surface area contributed by atoms with Crippen LogP contribution in [0.2, 0.25) is 0 Å². The van der Waals surface area contributed by atoms with Crippen LogP contribution >= 0.6 is 0 Å². The predicted octanol–water partition coefficient (Wildman–Crippen LogP) is 1.82. The minimum atomic E-state index is -0.0670. The Morgan fingerprint density at radius 3 is 2.94 bits per heavy atom. The van der Waals surface area contributed by atoms with Crippen LogP contribution in [-0.4, -0.2) is 16.7 Å². The molecule has 0 spiro atoms. The molecule has 0 bridgehead atoms. The van der Waals surface area contributed by atoms with Gasteiger partial charge in [-0.3, -0.25) is 4.79 Å². The van der Waals surface area contributed by atoms with Gasteiger partial charge >= 0.3 is 0 Å². The van der Waals surface area contributed by atoms with Gasteiger partial charge in [0.2, 0.25) is 0 Å². The molecule has 1 aromatic carbocycles. The number of hydrogen-bond donors (Lipinski definition) is 0. The summed E-state index contributed by atoms with van der Waals surface area (Å²) in [6, 6.07) is 5.55. The molecule has 0 aliphatic heterocycles. The first kappa shape index (κ1) is 10.7. The highest BCUT2D eigenvalue weighted by atomic mass is 16.5. The van der Waals surface area contributed by atoms with E-state index in [2.05, 4.69) is 4.98 Å². The van der Waals surface area contributed by atoms with Gasteiger partial charge in [-0.2, -0.15) is 0 Å². The third kappa shape index (κ3) is 1.78. The Hall–Kier alpha value is -1.84. The molecule has 0 aliphatic rings. The van der Waals surface area contributed by atoms with E-state index in [0.717, 1.165) is 23.2 Å². The number of nitrogens with zero attached hydrogens (tertiary/aromatic N) is 2.